The lowest BCUT2D eigenvalue weighted by atomic mass is 9.97. The Morgan fingerprint density at radius 3 is 1.33 bits per heavy atom. The molecule has 0 saturated carbocycles. The molecule has 0 N–H and O–H groups in total. The summed E-state index contributed by atoms with van der Waals surface area (Å²) in [6.45, 7) is 7.64. The summed E-state index contributed by atoms with van der Waals surface area (Å²) < 4.78 is 4.75. The van der Waals surface area contributed by atoms with Crippen LogP contribution >= 0.6 is 0 Å². The van der Waals surface area contributed by atoms with Gasteiger partial charge >= 0.3 is 0 Å². The van der Waals surface area contributed by atoms with Crippen LogP contribution in [0.3, 0.4) is 0 Å². The van der Waals surface area contributed by atoms with Crippen molar-refractivity contribution in [3.05, 3.63) is 217 Å². The highest BCUT2D eigenvalue weighted by molar-refractivity contribution is 6.12. The molecule has 0 fully saturated rings. The Morgan fingerprint density at radius 2 is 0.736 bits per heavy atom. The molecular formula is C62H44N10. The summed E-state index contributed by atoms with van der Waals surface area (Å²) in [6, 6.07) is 68.5. The van der Waals surface area contributed by atoms with Crippen LogP contribution in [-0.2, 0) is 0 Å². The predicted octanol–water partition coefficient (Wildman–Crippen LogP) is 14.3. The van der Waals surface area contributed by atoms with Crippen LogP contribution in [0.25, 0.3) is 123 Å². The molecular weight excluding hydrogens is 885 g/mol. The normalized spacial score (nSPS) is 11.6. The fourth-order valence-electron chi connectivity index (χ4n) is 10.3. The van der Waals surface area contributed by atoms with Crippen molar-refractivity contribution in [2.75, 3.05) is 0 Å². The van der Waals surface area contributed by atoms with Crippen molar-refractivity contribution in [3.8, 4) is 79.2 Å². The summed E-state index contributed by atoms with van der Waals surface area (Å²) in [5.41, 5.74) is 15.0. The number of benzene rings is 8. The van der Waals surface area contributed by atoms with Crippen LogP contribution in [0.2, 0.25) is 0 Å². The number of aromatic nitrogens is 10. The second-order valence-corrected chi connectivity index (χ2v) is 18.2. The minimum absolute atomic E-state index is 0.660. The maximum atomic E-state index is 5.29. The van der Waals surface area contributed by atoms with Gasteiger partial charge in [0.25, 0.3) is 0 Å². The summed E-state index contributed by atoms with van der Waals surface area (Å²) in [4.78, 5) is 38.2. The van der Waals surface area contributed by atoms with E-state index in [9.17, 15) is 0 Å². The van der Waals surface area contributed by atoms with Gasteiger partial charge < -0.3 is 9.13 Å². The van der Waals surface area contributed by atoms with E-state index < -0.39 is 0 Å². The quantitative estimate of drug-likeness (QED) is 0.148. The van der Waals surface area contributed by atoms with Crippen molar-refractivity contribution in [1.82, 2.24) is 49.0 Å². The molecule has 0 amide bonds. The molecule has 0 spiro atoms. The molecule has 10 heteroatoms. The fourth-order valence-corrected chi connectivity index (χ4v) is 10.3. The first-order chi connectivity index (χ1) is 35.3. The molecule has 5 aromatic heterocycles. The average Bonchev–Trinajstić information content (AvgIpc) is 3.93. The Kier molecular flexibility index (Phi) is 10.1. The van der Waals surface area contributed by atoms with Gasteiger partial charge in [-0.2, -0.15) is 0 Å². The largest absolute Gasteiger partial charge is 0.309 e. The van der Waals surface area contributed by atoms with Gasteiger partial charge in [-0.25, -0.2) is 39.9 Å². The van der Waals surface area contributed by atoms with Crippen LogP contribution in [0.15, 0.2) is 194 Å². The van der Waals surface area contributed by atoms with E-state index in [4.69, 9.17) is 29.9 Å². The Morgan fingerprint density at radius 1 is 0.278 bits per heavy atom. The van der Waals surface area contributed by atoms with E-state index in [0.29, 0.717) is 40.8 Å². The van der Waals surface area contributed by atoms with Gasteiger partial charge in [0.1, 0.15) is 23.3 Å². The molecule has 13 rings (SSSR count). The van der Waals surface area contributed by atoms with Crippen molar-refractivity contribution in [1.29, 1.82) is 0 Å². The van der Waals surface area contributed by atoms with Crippen LogP contribution in [0, 0.1) is 27.7 Å². The monoisotopic (exact) mass is 928 g/mol. The Labute approximate surface area is 415 Å². The fraction of sp³-hybridized carbons (Fsp3) is 0.0645. The summed E-state index contributed by atoms with van der Waals surface area (Å²) in [6.07, 6.45) is 0. The van der Waals surface area contributed by atoms with E-state index >= 15 is 0 Å². The Bertz CT molecular complexity index is 4170. The van der Waals surface area contributed by atoms with E-state index in [1.54, 1.807) is 0 Å². The topological polar surface area (TPSA) is 113 Å². The van der Waals surface area contributed by atoms with E-state index in [-0.39, 0.29) is 0 Å². The highest BCUT2D eigenvalue weighted by Gasteiger charge is 2.21. The van der Waals surface area contributed by atoms with E-state index in [2.05, 4.69) is 177 Å². The lowest BCUT2D eigenvalue weighted by molar-refractivity contribution is 0.928. The lowest BCUT2D eigenvalue weighted by Gasteiger charge is -2.18. The first-order valence-corrected chi connectivity index (χ1v) is 24.0. The van der Waals surface area contributed by atoms with E-state index in [1.165, 1.54) is 0 Å². The standard InChI is InChI=1S/C62H44N10/c1-37-63-38(2)66-61(65-37)45-27-30-58-51(34-45)48-22-11-13-24-55(48)71(58)47-21-15-20-43(32-47)50-33-44(54-36-53(41-16-7-5-8-17-41)69-60(70-54)42-18-9-6-10-19-42)26-29-57(50)72-56-25-14-12-23-49(56)52-35-46(28-31-59(52)72)62-67-39(3)64-40(4)68-62/h5-36H,1-4H3. The number of hydrogen-bond donors (Lipinski definition) is 0. The molecule has 342 valence electrons. The van der Waals surface area contributed by atoms with Gasteiger partial charge in [-0.3, -0.25) is 0 Å². The minimum Gasteiger partial charge on any atom is -0.309 e. The van der Waals surface area contributed by atoms with Crippen LogP contribution in [-0.4, -0.2) is 49.0 Å². The highest BCUT2D eigenvalue weighted by Crippen LogP contribution is 2.41. The molecule has 8 aromatic carbocycles. The smallest absolute Gasteiger partial charge is 0.163 e. The molecule has 0 atom stereocenters. The maximum Gasteiger partial charge on any atom is 0.163 e. The third-order valence-corrected chi connectivity index (χ3v) is 13.4. The minimum atomic E-state index is 0.660. The lowest BCUT2D eigenvalue weighted by Crippen LogP contribution is -2.01. The van der Waals surface area contributed by atoms with Crippen molar-refractivity contribution >= 4 is 43.6 Å². The Balaban J connectivity index is 1.04. The third kappa shape index (κ3) is 7.44. The van der Waals surface area contributed by atoms with Crippen LogP contribution in [0.4, 0.5) is 0 Å². The van der Waals surface area contributed by atoms with Crippen molar-refractivity contribution in [2.45, 2.75) is 27.7 Å². The maximum absolute atomic E-state index is 5.29. The molecule has 0 saturated heterocycles. The number of rotatable bonds is 8. The highest BCUT2D eigenvalue weighted by atomic mass is 15.0. The summed E-state index contributed by atoms with van der Waals surface area (Å²) >= 11 is 0. The van der Waals surface area contributed by atoms with Gasteiger partial charge in [-0.15, -0.1) is 0 Å². The van der Waals surface area contributed by atoms with Gasteiger partial charge in [0, 0.05) is 60.6 Å². The molecule has 0 aliphatic carbocycles. The van der Waals surface area contributed by atoms with Gasteiger partial charge in [0.2, 0.25) is 0 Å². The van der Waals surface area contributed by atoms with Crippen molar-refractivity contribution in [2.24, 2.45) is 0 Å². The zero-order valence-corrected chi connectivity index (χ0v) is 39.9. The van der Waals surface area contributed by atoms with Crippen molar-refractivity contribution < 1.29 is 0 Å². The predicted molar refractivity (Wildman–Crippen MR) is 289 cm³/mol. The van der Waals surface area contributed by atoms with Gasteiger partial charge in [0.05, 0.1) is 39.1 Å². The van der Waals surface area contributed by atoms with E-state index in [0.717, 1.165) is 105 Å². The zero-order chi connectivity index (χ0) is 48.5. The number of para-hydroxylation sites is 2. The number of fused-ring (bicyclic) bond motifs is 6. The molecule has 10 nitrogen and oxygen atoms in total. The molecule has 72 heavy (non-hydrogen) atoms. The van der Waals surface area contributed by atoms with E-state index in [1.807, 2.05) is 64.1 Å². The summed E-state index contributed by atoms with van der Waals surface area (Å²) in [7, 11) is 0. The first kappa shape index (κ1) is 42.6. The molecule has 0 radical (unpaired) electrons. The second kappa shape index (κ2) is 17.1. The SMILES string of the molecule is Cc1nc(C)nc(-c2ccc3c(c2)c2ccccc2n3-c2cccc(-c3cc(-c4cc(-c5ccccc5)nc(-c5ccccc5)n4)ccc3-n3c4ccccc4c4cc(-c5nc(C)nc(C)n5)ccc43)c2)n1. The summed E-state index contributed by atoms with van der Waals surface area (Å²) in [5.74, 6) is 4.77. The first-order valence-electron chi connectivity index (χ1n) is 24.0. The molecule has 0 aliphatic heterocycles. The molecule has 0 aliphatic rings. The molecule has 5 heterocycles. The molecule has 0 unspecified atom stereocenters. The average molecular weight is 929 g/mol. The third-order valence-electron chi connectivity index (χ3n) is 13.4. The van der Waals surface area contributed by atoms with Crippen molar-refractivity contribution in [3.63, 3.8) is 0 Å². The van der Waals surface area contributed by atoms with Gasteiger partial charge in [0.15, 0.2) is 17.5 Å². The number of nitrogens with zero attached hydrogens (tertiary/aromatic N) is 10. The van der Waals surface area contributed by atoms with Crippen LogP contribution in [0.1, 0.15) is 23.3 Å². The van der Waals surface area contributed by atoms with Gasteiger partial charge in [-0.1, -0.05) is 115 Å². The van der Waals surface area contributed by atoms with Crippen LogP contribution in [0.5, 0.6) is 0 Å². The second-order valence-electron chi connectivity index (χ2n) is 18.2. The Hall–Kier alpha value is -9.54. The molecule has 13 aromatic rings. The van der Waals surface area contributed by atoms with Crippen LogP contribution < -0.4 is 0 Å². The zero-order valence-electron chi connectivity index (χ0n) is 39.9. The summed E-state index contributed by atoms with van der Waals surface area (Å²) in [5, 5.41) is 4.49. The number of hydrogen-bond acceptors (Lipinski definition) is 8. The van der Waals surface area contributed by atoms with Gasteiger partial charge in [-0.05, 0) is 112 Å². The number of aryl methyl sites for hydroxylation is 4. The molecule has 0 bridgehead atoms.